The van der Waals surface area contributed by atoms with Gasteiger partial charge in [-0.05, 0) is 0 Å². The molecular weight excluding hydrogens is 382 g/mol. The third kappa shape index (κ3) is 4.20. The first kappa shape index (κ1) is 14.9. The molecule has 0 amide bonds. The fourth-order valence-electron chi connectivity index (χ4n) is 1.96. The van der Waals surface area contributed by atoms with E-state index in [0.717, 1.165) is 15.5 Å². The van der Waals surface area contributed by atoms with Gasteiger partial charge < -0.3 is 0 Å². The van der Waals surface area contributed by atoms with Crippen molar-refractivity contribution < 1.29 is 24.4 Å². The summed E-state index contributed by atoms with van der Waals surface area (Å²) >= 11 is 10.7. The number of allylic oxidation sites excluding steroid dienone is 4. The van der Waals surface area contributed by atoms with Crippen molar-refractivity contribution in [3.05, 3.63) is 24.3 Å². The predicted octanol–water partition coefficient (Wildman–Crippen LogP) is 4.18. The molecule has 0 heterocycles. The van der Waals surface area contributed by atoms with Crippen molar-refractivity contribution in [2.75, 3.05) is 12.8 Å². The van der Waals surface area contributed by atoms with Crippen LogP contribution >= 0.6 is 23.2 Å². The van der Waals surface area contributed by atoms with Gasteiger partial charge in [0.25, 0.3) is 0 Å². The van der Waals surface area contributed by atoms with Gasteiger partial charge in [0.1, 0.15) is 0 Å². The molecule has 0 aromatic carbocycles. The Morgan fingerprint density at radius 3 is 2.14 bits per heavy atom. The van der Waals surface area contributed by atoms with E-state index >= 15 is 0 Å². The third-order valence-corrected chi connectivity index (χ3v) is 4.99. The SMILES string of the molecule is CCl.CCl.[Hf][CH]1CCC2C=CC=CC12. The van der Waals surface area contributed by atoms with E-state index < -0.39 is 0 Å². The summed E-state index contributed by atoms with van der Waals surface area (Å²) in [6.45, 7) is 0. The molecular formula is C11H17Cl2Hf. The summed E-state index contributed by atoms with van der Waals surface area (Å²) in [5.74, 6) is 1.84. The molecule has 0 aromatic rings. The molecule has 0 N–H and O–H groups in total. The summed E-state index contributed by atoms with van der Waals surface area (Å²) in [5, 5.41) is 0. The Bertz CT molecular complexity index is 190. The molecule has 0 saturated heterocycles. The second-order valence-corrected chi connectivity index (χ2v) is 5.86. The van der Waals surface area contributed by atoms with Crippen LogP contribution < -0.4 is 0 Å². The zero-order valence-corrected chi connectivity index (χ0v) is 13.8. The van der Waals surface area contributed by atoms with E-state index in [0.29, 0.717) is 0 Å². The Balaban J connectivity index is 0.000000379. The molecule has 2 aliphatic rings. The molecule has 2 rings (SSSR count). The third-order valence-electron chi connectivity index (χ3n) is 2.57. The average Bonchev–Trinajstić information content (AvgIpc) is 2.67. The maximum atomic E-state index is 4.64. The summed E-state index contributed by atoms with van der Waals surface area (Å²) < 4.78 is 1.06. The minimum atomic E-state index is 0.910. The molecule has 2 aliphatic carbocycles. The van der Waals surface area contributed by atoms with E-state index in [-0.39, 0.29) is 0 Å². The summed E-state index contributed by atoms with van der Waals surface area (Å²) in [6, 6.07) is 0. The first-order valence-electron chi connectivity index (χ1n) is 4.69. The standard InChI is InChI=1S/C9H11.2CH3Cl.Hf/c1-2-5-9-7-3-6-8(9)4-1;2*1-2;/h1-2,4-6,8-9H,3,7H2;2*1H3;. The van der Waals surface area contributed by atoms with E-state index in [9.17, 15) is 0 Å². The molecule has 1 saturated carbocycles. The zero-order chi connectivity index (χ0) is 11.0. The molecule has 0 radical (unpaired) electrons. The molecule has 14 heavy (non-hydrogen) atoms. The van der Waals surface area contributed by atoms with E-state index in [2.05, 4.69) is 47.5 Å². The number of hydrogen-bond acceptors (Lipinski definition) is 0. The van der Waals surface area contributed by atoms with Crippen molar-refractivity contribution in [3.8, 4) is 0 Å². The van der Waals surface area contributed by atoms with Crippen LogP contribution in [0, 0.1) is 11.8 Å². The molecule has 0 bridgehead atoms. The Morgan fingerprint density at radius 1 is 1.00 bits per heavy atom. The first-order chi connectivity index (χ1) is 6.88. The Kier molecular flexibility index (Phi) is 9.79. The van der Waals surface area contributed by atoms with Gasteiger partial charge in [0, 0.05) is 12.8 Å². The maximum absolute atomic E-state index is 4.64. The number of halogens is 2. The monoisotopic (exact) mass is 399 g/mol. The van der Waals surface area contributed by atoms with Gasteiger partial charge in [-0.25, -0.2) is 0 Å². The summed E-state index contributed by atoms with van der Waals surface area (Å²) in [5.41, 5.74) is 0. The van der Waals surface area contributed by atoms with Crippen molar-refractivity contribution in [1.82, 2.24) is 0 Å². The second kappa shape index (κ2) is 9.18. The average molecular weight is 399 g/mol. The normalized spacial score (nSPS) is 32.1. The Labute approximate surface area is 112 Å². The predicted molar refractivity (Wildman–Crippen MR) is 61.8 cm³/mol. The van der Waals surface area contributed by atoms with Gasteiger partial charge in [-0.3, -0.25) is 0 Å². The molecule has 1 fully saturated rings. The van der Waals surface area contributed by atoms with Gasteiger partial charge in [0.15, 0.2) is 0 Å². The number of rotatable bonds is 0. The fraction of sp³-hybridized carbons (Fsp3) is 0.636. The molecule has 3 atom stereocenters. The first-order valence-corrected chi connectivity index (χ1v) is 8.28. The molecule has 3 heteroatoms. The van der Waals surface area contributed by atoms with Gasteiger partial charge >= 0.3 is 77.0 Å². The van der Waals surface area contributed by atoms with Crippen LogP contribution in [0.4, 0.5) is 0 Å². The zero-order valence-electron chi connectivity index (χ0n) is 8.71. The Morgan fingerprint density at radius 2 is 1.57 bits per heavy atom. The van der Waals surface area contributed by atoms with Crippen LogP contribution in [0.1, 0.15) is 12.8 Å². The van der Waals surface area contributed by atoms with Gasteiger partial charge in [-0.1, -0.05) is 0 Å². The summed E-state index contributed by atoms with van der Waals surface area (Å²) in [6.07, 6.45) is 15.1. The van der Waals surface area contributed by atoms with Crippen LogP contribution in [0.5, 0.6) is 0 Å². The van der Waals surface area contributed by atoms with Gasteiger partial charge in [-0.2, -0.15) is 0 Å². The molecule has 3 unspecified atom stereocenters. The van der Waals surface area contributed by atoms with E-state index in [4.69, 9.17) is 0 Å². The van der Waals surface area contributed by atoms with Gasteiger partial charge in [-0.15, -0.1) is 23.2 Å². The number of alkyl halides is 2. The van der Waals surface area contributed by atoms with Crippen molar-refractivity contribution >= 4 is 23.2 Å². The van der Waals surface area contributed by atoms with Crippen LogP contribution in [-0.2, 0) is 24.4 Å². The molecule has 0 nitrogen and oxygen atoms in total. The fourth-order valence-corrected chi connectivity index (χ4v) is 3.84. The van der Waals surface area contributed by atoms with E-state index in [1.807, 2.05) is 0 Å². The molecule has 0 spiro atoms. The number of hydrogen-bond donors (Lipinski definition) is 0. The van der Waals surface area contributed by atoms with Crippen molar-refractivity contribution in [2.45, 2.75) is 16.5 Å². The van der Waals surface area contributed by atoms with Crippen LogP contribution in [0.25, 0.3) is 0 Å². The molecule has 0 aromatic heterocycles. The van der Waals surface area contributed by atoms with E-state index in [1.165, 1.54) is 50.0 Å². The van der Waals surface area contributed by atoms with E-state index in [1.54, 1.807) is 0 Å². The second-order valence-electron chi connectivity index (χ2n) is 3.19. The Hall–Kier alpha value is 0.930. The van der Waals surface area contributed by atoms with Crippen LogP contribution in [-0.4, -0.2) is 12.8 Å². The van der Waals surface area contributed by atoms with Crippen LogP contribution in [0.3, 0.4) is 0 Å². The van der Waals surface area contributed by atoms with Gasteiger partial charge in [0.2, 0.25) is 0 Å². The molecule has 79 valence electrons. The van der Waals surface area contributed by atoms with Crippen LogP contribution in [0.2, 0.25) is 3.67 Å². The van der Waals surface area contributed by atoms with Gasteiger partial charge in [0.05, 0.1) is 0 Å². The van der Waals surface area contributed by atoms with Crippen LogP contribution in [0.15, 0.2) is 24.3 Å². The summed E-state index contributed by atoms with van der Waals surface area (Å²) in [4.78, 5) is 0. The topological polar surface area (TPSA) is 0 Å². The molecule has 0 aliphatic heterocycles. The summed E-state index contributed by atoms with van der Waals surface area (Å²) in [7, 11) is 0. The quantitative estimate of drug-likeness (QED) is 0.424. The van der Waals surface area contributed by atoms with Crippen molar-refractivity contribution in [3.63, 3.8) is 0 Å². The van der Waals surface area contributed by atoms with Crippen molar-refractivity contribution in [2.24, 2.45) is 11.8 Å². The number of fused-ring (bicyclic) bond motifs is 1. The minimum absolute atomic E-state index is 0.910. The van der Waals surface area contributed by atoms with Crippen molar-refractivity contribution in [1.29, 1.82) is 0 Å².